The number of fused-ring (bicyclic) bond motifs is 1. The number of hydrogen-bond acceptors (Lipinski definition) is 3. The molecule has 0 atom stereocenters. The van der Waals surface area contributed by atoms with E-state index in [4.69, 9.17) is 9.72 Å². The number of rotatable bonds is 6. The zero-order valence-corrected chi connectivity index (χ0v) is 15.7. The summed E-state index contributed by atoms with van der Waals surface area (Å²) in [5.41, 5.74) is 4.75. The maximum Gasteiger partial charge on any atom is 0.124 e. The summed E-state index contributed by atoms with van der Waals surface area (Å²) < 4.78 is 8.38. The summed E-state index contributed by atoms with van der Waals surface area (Å²) in [5.74, 6) is 2.10. The van der Waals surface area contributed by atoms with Gasteiger partial charge in [0.1, 0.15) is 18.2 Å². The second-order valence-corrected chi connectivity index (χ2v) is 7.32. The van der Waals surface area contributed by atoms with E-state index >= 15 is 0 Å². The number of imidazole rings is 1. The van der Waals surface area contributed by atoms with Crippen molar-refractivity contribution >= 4 is 11.0 Å². The van der Waals surface area contributed by atoms with E-state index in [0.29, 0.717) is 6.61 Å². The summed E-state index contributed by atoms with van der Waals surface area (Å²) in [6.07, 6.45) is 2.60. The van der Waals surface area contributed by atoms with Gasteiger partial charge in [-0.1, -0.05) is 18.2 Å². The van der Waals surface area contributed by atoms with Crippen LogP contribution in [0.2, 0.25) is 0 Å². The molecule has 3 aromatic rings. The maximum absolute atomic E-state index is 6.05. The molecule has 4 nitrogen and oxygen atoms in total. The second-order valence-electron chi connectivity index (χ2n) is 7.32. The van der Waals surface area contributed by atoms with Gasteiger partial charge in [-0.2, -0.15) is 0 Å². The molecule has 0 spiro atoms. The highest BCUT2D eigenvalue weighted by atomic mass is 16.5. The van der Waals surface area contributed by atoms with Crippen LogP contribution >= 0.6 is 0 Å². The monoisotopic (exact) mass is 349 g/mol. The van der Waals surface area contributed by atoms with Crippen molar-refractivity contribution in [2.75, 3.05) is 19.7 Å². The van der Waals surface area contributed by atoms with Crippen molar-refractivity contribution in [2.24, 2.45) is 0 Å². The molecule has 0 unspecified atom stereocenters. The highest BCUT2D eigenvalue weighted by Crippen LogP contribution is 2.20. The van der Waals surface area contributed by atoms with E-state index in [-0.39, 0.29) is 0 Å². The topological polar surface area (TPSA) is 30.3 Å². The Hall–Kier alpha value is -2.33. The van der Waals surface area contributed by atoms with Gasteiger partial charge < -0.3 is 9.30 Å². The van der Waals surface area contributed by atoms with Gasteiger partial charge in [-0.05, 0) is 75.2 Å². The molecular weight excluding hydrogens is 322 g/mol. The SMILES string of the molecule is Cc1cc(C)cc(OCCn2c(CN3CCCC3)nc3ccccc32)c1. The number of likely N-dealkylation sites (tertiary alicyclic amines) is 1. The third kappa shape index (κ3) is 3.75. The summed E-state index contributed by atoms with van der Waals surface area (Å²) in [5, 5.41) is 0. The highest BCUT2D eigenvalue weighted by Gasteiger charge is 2.17. The first-order valence-electron chi connectivity index (χ1n) is 9.57. The van der Waals surface area contributed by atoms with E-state index in [0.717, 1.165) is 30.2 Å². The van der Waals surface area contributed by atoms with Crippen molar-refractivity contribution in [3.05, 3.63) is 59.4 Å². The number of benzene rings is 2. The summed E-state index contributed by atoms with van der Waals surface area (Å²) in [6.45, 7) is 8.98. The molecule has 1 fully saturated rings. The number of aromatic nitrogens is 2. The predicted octanol–water partition coefficient (Wildman–Crippen LogP) is 4.33. The molecule has 1 aliphatic rings. The molecule has 4 rings (SSSR count). The Morgan fingerprint density at radius 1 is 1.00 bits per heavy atom. The van der Waals surface area contributed by atoms with Gasteiger partial charge >= 0.3 is 0 Å². The molecule has 0 N–H and O–H groups in total. The van der Waals surface area contributed by atoms with E-state index < -0.39 is 0 Å². The predicted molar refractivity (Wildman–Crippen MR) is 106 cm³/mol. The molecule has 1 aromatic heterocycles. The highest BCUT2D eigenvalue weighted by molar-refractivity contribution is 5.75. The van der Waals surface area contributed by atoms with E-state index in [9.17, 15) is 0 Å². The van der Waals surface area contributed by atoms with Gasteiger partial charge in [-0.3, -0.25) is 4.90 Å². The molecule has 136 valence electrons. The van der Waals surface area contributed by atoms with Crippen molar-refractivity contribution in [3.8, 4) is 5.75 Å². The van der Waals surface area contributed by atoms with Gasteiger partial charge in [0.15, 0.2) is 0 Å². The summed E-state index contributed by atoms with van der Waals surface area (Å²) in [7, 11) is 0. The first-order valence-corrected chi connectivity index (χ1v) is 9.57. The van der Waals surface area contributed by atoms with Crippen molar-refractivity contribution in [2.45, 2.75) is 39.8 Å². The molecule has 4 heteroatoms. The van der Waals surface area contributed by atoms with Crippen LogP contribution < -0.4 is 4.74 Å². The Labute approximate surface area is 155 Å². The van der Waals surface area contributed by atoms with Crippen LogP contribution in [0.25, 0.3) is 11.0 Å². The molecule has 0 bridgehead atoms. The summed E-state index contributed by atoms with van der Waals surface area (Å²) in [6, 6.07) is 14.8. The third-order valence-corrected chi connectivity index (χ3v) is 5.08. The number of hydrogen-bond donors (Lipinski definition) is 0. The van der Waals surface area contributed by atoms with Crippen LogP contribution in [0, 0.1) is 13.8 Å². The van der Waals surface area contributed by atoms with Crippen molar-refractivity contribution in [1.82, 2.24) is 14.5 Å². The van der Waals surface area contributed by atoms with Gasteiger partial charge in [0, 0.05) is 0 Å². The van der Waals surface area contributed by atoms with Crippen LogP contribution in [0.5, 0.6) is 5.75 Å². The van der Waals surface area contributed by atoms with Crippen LogP contribution in [0.4, 0.5) is 0 Å². The van der Waals surface area contributed by atoms with Crippen LogP contribution in [0.1, 0.15) is 29.8 Å². The zero-order valence-electron chi connectivity index (χ0n) is 15.7. The lowest BCUT2D eigenvalue weighted by Crippen LogP contribution is -2.22. The van der Waals surface area contributed by atoms with Crippen LogP contribution in [0.15, 0.2) is 42.5 Å². The van der Waals surface area contributed by atoms with Gasteiger partial charge in [0.05, 0.1) is 24.1 Å². The Morgan fingerprint density at radius 3 is 2.50 bits per heavy atom. The fraction of sp³-hybridized carbons (Fsp3) is 0.409. The minimum absolute atomic E-state index is 0.649. The van der Waals surface area contributed by atoms with Gasteiger partial charge in [0.25, 0.3) is 0 Å². The van der Waals surface area contributed by atoms with E-state index in [1.54, 1.807) is 0 Å². The summed E-state index contributed by atoms with van der Waals surface area (Å²) in [4.78, 5) is 7.40. The quantitative estimate of drug-likeness (QED) is 0.664. The largest absolute Gasteiger partial charge is 0.492 e. The molecule has 0 radical (unpaired) electrons. The average molecular weight is 349 g/mol. The minimum atomic E-state index is 0.649. The van der Waals surface area contributed by atoms with E-state index in [2.05, 4.69) is 65.8 Å². The minimum Gasteiger partial charge on any atom is -0.492 e. The molecule has 2 heterocycles. The standard InChI is InChI=1S/C22H27N3O/c1-17-13-18(2)15-19(14-17)26-12-11-25-21-8-4-3-7-20(21)23-22(25)16-24-9-5-6-10-24/h3-4,7-8,13-15H,5-6,9-12,16H2,1-2H3. The first-order chi connectivity index (χ1) is 12.7. The average Bonchev–Trinajstić information content (AvgIpc) is 3.23. The first kappa shape index (κ1) is 17.1. The molecule has 1 aliphatic heterocycles. The summed E-state index contributed by atoms with van der Waals surface area (Å²) >= 11 is 0. The molecule has 26 heavy (non-hydrogen) atoms. The van der Waals surface area contributed by atoms with E-state index in [1.807, 2.05) is 0 Å². The number of para-hydroxylation sites is 2. The van der Waals surface area contributed by atoms with Crippen molar-refractivity contribution in [3.63, 3.8) is 0 Å². The van der Waals surface area contributed by atoms with Crippen LogP contribution in [0.3, 0.4) is 0 Å². The van der Waals surface area contributed by atoms with E-state index in [1.165, 1.54) is 42.6 Å². The maximum atomic E-state index is 6.05. The Balaban J connectivity index is 1.52. The Bertz CT molecular complexity index is 873. The fourth-order valence-corrected chi connectivity index (χ4v) is 3.91. The molecule has 0 aliphatic carbocycles. The Kier molecular flexibility index (Phi) is 4.93. The Morgan fingerprint density at radius 2 is 1.73 bits per heavy atom. The lowest BCUT2D eigenvalue weighted by Gasteiger charge is -2.16. The molecule has 2 aromatic carbocycles. The van der Waals surface area contributed by atoms with Crippen molar-refractivity contribution in [1.29, 1.82) is 0 Å². The second kappa shape index (κ2) is 7.50. The molecule has 1 saturated heterocycles. The number of aryl methyl sites for hydroxylation is 2. The fourth-order valence-electron chi connectivity index (χ4n) is 3.91. The molecule has 0 saturated carbocycles. The van der Waals surface area contributed by atoms with Gasteiger partial charge in [0.2, 0.25) is 0 Å². The lowest BCUT2D eigenvalue weighted by molar-refractivity contribution is 0.285. The zero-order chi connectivity index (χ0) is 17.9. The normalized spacial score (nSPS) is 15.0. The number of nitrogens with zero attached hydrogens (tertiary/aromatic N) is 3. The van der Waals surface area contributed by atoms with Crippen molar-refractivity contribution < 1.29 is 4.74 Å². The molecule has 0 amide bonds. The van der Waals surface area contributed by atoms with Crippen LogP contribution in [-0.4, -0.2) is 34.1 Å². The van der Waals surface area contributed by atoms with Crippen LogP contribution in [-0.2, 0) is 13.1 Å². The molecular formula is C22H27N3O. The third-order valence-electron chi connectivity index (χ3n) is 5.08. The van der Waals surface area contributed by atoms with Gasteiger partial charge in [-0.25, -0.2) is 4.98 Å². The van der Waals surface area contributed by atoms with Gasteiger partial charge in [-0.15, -0.1) is 0 Å². The number of ether oxygens (including phenoxy) is 1. The lowest BCUT2D eigenvalue weighted by atomic mass is 10.1. The smallest absolute Gasteiger partial charge is 0.124 e.